The number of amides is 2. The van der Waals surface area contributed by atoms with Crippen molar-refractivity contribution in [2.24, 2.45) is 7.05 Å². The molecule has 2 aromatic rings. The summed E-state index contributed by atoms with van der Waals surface area (Å²) in [4.78, 5) is 26.6. The molecule has 1 aromatic carbocycles. The molecule has 0 unspecified atom stereocenters. The fourth-order valence-corrected chi connectivity index (χ4v) is 3.13. The van der Waals surface area contributed by atoms with Crippen molar-refractivity contribution < 1.29 is 9.59 Å². The van der Waals surface area contributed by atoms with Gasteiger partial charge in [-0.15, -0.1) is 5.10 Å². The zero-order valence-electron chi connectivity index (χ0n) is 13.0. The van der Waals surface area contributed by atoms with E-state index in [-0.39, 0.29) is 17.6 Å². The van der Waals surface area contributed by atoms with Crippen LogP contribution in [0.1, 0.15) is 13.8 Å². The molecule has 0 fully saturated rings. The molecule has 2 amide bonds. The number of tetrazole rings is 1. The van der Waals surface area contributed by atoms with Crippen LogP contribution in [0.5, 0.6) is 0 Å². The molecule has 0 saturated carbocycles. The number of rotatable bonds is 3. The Morgan fingerprint density at radius 3 is 2.78 bits per heavy atom. The number of aromatic nitrogens is 4. The second-order valence-electron chi connectivity index (χ2n) is 5.63. The molecule has 0 bridgehead atoms. The molecule has 120 valence electrons. The molecule has 3 rings (SSSR count). The van der Waals surface area contributed by atoms with Crippen molar-refractivity contribution in [3.05, 3.63) is 24.3 Å². The number of fused-ring (bicyclic) bond motifs is 1. The van der Waals surface area contributed by atoms with E-state index < -0.39 is 5.54 Å². The fourth-order valence-electron chi connectivity index (χ4n) is 2.43. The van der Waals surface area contributed by atoms with Gasteiger partial charge in [-0.1, -0.05) is 23.9 Å². The summed E-state index contributed by atoms with van der Waals surface area (Å²) in [6.07, 6.45) is 0. The van der Waals surface area contributed by atoms with Crippen molar-refractivity contribution >= 4 is 35.0 Å². The first-order valence-electron chi connectivity index (χ1n) is 7.00. The van der Waals surface area contributed by atoms with Gasteiger partial charge in [-0.05, 0) is 36.4 Å². The molecule has 8 nitrogen and oxygen atoms in total. The summed E-state index contributed by atoms with van der Waals surface area (Å²) in [5.74, 6) is -0.251. The van der Waals surface area contributed by atoms with Crippen molar-refractivity contribution in [3.63, 3.8) is 0 Å². The van der Waals surface area contributed by atoms with Crippen LogP contribution < -0.4 is 10.2 Å². The van der Waals surface area contributed by atoms with Gasteiger partial charge < -0.3 is 5.32 Å². The first kappa shape index (κ1) is 15.5. The van der Waals surface area contributed by atoms with Crippen LogP contribution in [-0.2, 0) is 16.6 Å². The number of nitrogens with zero attached hydrogens (tertiary/aromatic N) is 5. The SMILES string of the molecule is Cn1nnnc1SCC(=O)N1c2ccccc2NC(=O)C1(C)C. The van der Waals surface area contributed by atoms with E-state index in [1.807, 2.05) is 18.2 Å². The molecular weight excluding hydrogens is 316 g/mol. The van der Waals surface area contributed by atoms with E-state index in [4.69, 9.17) is 0 Å². The largest absolute Gasteiger partial charge is 0.322 e. The van der Waals surface area contributed by atoms with E-state index in [1.54, 1.807) is 27.0 Å². The van der Waals surface area contributed by atoms with Gasteiger partial charge in [0.25, 0.3) is 0 Å². The van der Waals surface area contributed by atoms with Gasteiger partial charge >= 0.3 is 0 Å². The highest BCUT2D eigenvalue weighted by atomic mass is 32.2. The van der Waals surface area contributed by atoms with Gasteiger partial charge in [0.1, 0.15) is 5.54 Å². The van der Waals surface area contributed by atoms with Crippen LogP contribution >= 0.6 is 11.8 Å². The number of carbonyl (C=O) groups is 2. The predicted molar refractivity (Wildman–Crippen MR) is 86.2 cm³/mol. The summed E-state index contributed by atoms with van der Waals surface area (Å²) >= 11 is 1.24. The Kier molecular flexibility index (Phi) is 3.80. The number of para-hydroxylation sites is 2. The Bertz CT molecular complexity index is 772. The van der Waals surface area contributed by atoms with Crippen molar-refractivity contribution in [2.75, 3.05) is 16.0 Å². The van der Waals surface area contributed by atoms with Crippen LogP contribution in [0.15, 0.2) is 29.4 Å². The van der Waals surface area contributed by atoms with E-state index >= 15 is 0 Å². The average molecular weight is 332 g/mol. The van der Waals surface area contributed by atoms with Crippen LogP contribution in [0.4, 0.5) is 11.4 Å². The van der Waals surface area contributed by atoms with Crippen molar-refractivity contribution in [2.45, 2.75) is 24.5 Å². The molecule has 9 heteroatoms. The maximum absolute atomic E-state index is 12.8. The highest BCUT2D eigenvalue weighted by molar-refractivity contribution is 7.99. The van der Waals surface area contributed by atoms with Gasteiger partial charge in [-0.3, -0.25) is 14.5 Å². The standard InChI is InChI=1S/C14H16N6O2S/c1-14(2)12(22)15-9-6-4-5-7-10(9)20(14)11(21)8-23-13-16-17-18-19(13)3/h4-7H,8H2,1-3H3,(H,15,22). The first-order chi connectivity index (χ1) is 10.9. The third-order valence-electron chi connectivity index (χ3n) is 3.66. The predicted octanol–water partition coefficient (Wildman–Crippen LogP) is 1.07. The molecule has 1 N–H and O–H groups in total. The maximum Gasteiger partial charge on any atom is 0.250 e. The number of carbonyl (C=O) groups excluding carboxylic acids is 2. The van der Waals surface area contributed by atoms with Crippen molar-refractivity contribution in [1.29, 1.82) is 0 Å². The number of aryl methyl sites for hydroxylation is 1. The molecule has 23 heavy (non-hydrogen) atoms. The van der Waals surface area contributed by atoms with E-state index in [9.17, 15) is 9.59 Å². The fraction of sp³-hybridized carbons (Fsp3) is 0.357. The Hall–Kier alpha value is -2.42. The first-order valence-corrected chi connectivity index (χ1v) is 7.98. The maximum atomic E-state index is 12.8. The molecule has 0 spiro atoms. The number of hydrogen-bond donors (Lipinski definition) is 1. The number of anilines is 2. The number of benzene rings is 1. The molecule has 1 aliphatic heterocycles. The summed E-state index contributed by atoms with van der Waals surface area (Å²) < 4.78 is 1.50. The Balaban J connectivity index is 1.88. The summed E-state index contributed by atoms with van der Waals surface area (Å²) in [6.45, 7) is 3.45. The lowest BCUT2D eigenvalue weighted by atomic mass is 9.96. The van der Waals surface area contributed by atoms with Gasteiger partial charge in [0.2, 0.25) is 17.0 Å². The van der Waals surface area contributed by atoms with Crippen LogP contribution in [0.25, 0.3) is 0 Å². The topological polar surface area (TPSA) is 93.0 Å². The van der Waals surface area contributed by atoms with E-state index in [0.717, 1.165) is 0 Å². The lowest BCUT2D eigenvalue weighted by Gasteiger charge is -2.42. The van der Waals surface area contributed by atoms with Crippen LogP contribution in [0, 0.1) is 0 Å². The van der Waals surface area contributed by atoms with Crippen LogP contribution in [0.3, 0.4) is 0 Å². The molecular formula is C14H16N6O2S. The van der Waals surface area contributed by atoms with Crippen molar-refractivity contribution in [1.82, 2.24) is 20.2 Å². The minimum atomic E-state index is -0.968. The number of hydrogen-bond acceptors (Lipinski definition) is 6. The number of nitrogens with one attached hydrogen (secondary N) is 1. The van der Waals surface area contributed by atoms with Gasteiger partial charge in [0, 0.05) is 7.05 Å². The summed E-state index contributed by atoms with van der Waals surface area (Å²) in [7, 11) is 1.71. The highest BCUT2D eigenvalue weighted by Crippen LogP contribution is 2.37. The second kappa shape index (κ2) is 5.65. The third kappa shape index (κ3) is 2.67. The molecule has 0 saturated heterocycles. The molecule has 0 radical (unpaired) electrons. The average Bonchev–Trinajstić information content (AvgIpc) is 2.91. The van der Waals surface area contributed by atoms with E-state index in [0.29, 0.717) is 16.5 Å². The third-order valence-corrected chi connectivity index (χ3v) is 4.66. The summed E-state index contributed by atoms with van der Waals surface area (Å²) in [5, 5.41) is 14.5. The molecule has 2 heterocycles. The summed E-state index contributed by atoms with van der Waals surface area (Å²) in [5.41, 5.74) is 0.360. The number of thioether (sulfide) groups is 1. The lowest BCUT2D eigenvalue weighted by Crippen LogP contribution is -2.59. The van der Waals surface area contributed by atoms with E-state index in [1.165, 1.54) is 21.3 Å². The van der Waals surface area contributed by atoms with Gasteiger partial charge in [0.05, 0.1) is 17.1 Å². The minimum Gasteiger partial charge on any atom is -0.322 e. The van der Waals surface area contributed by atoms with Gasteiger partial charge in [0.15, 0.2) is 0 Å². The molecule has 1 aromatic heterocycles. The zero-order valence-corrected chi connectivity index (χ0v) is 13.8. The molecule has 1 aliphatic rings. The molecule has 0 aliphatic carbocycles. The zero-order chi connectivity index (χ0) is 16.6. The minimum absolute atomic E-state index is 0.138. The van der Waals surface area contributed by atoms with Gasteiger partial charge in [-0.2, -0.15) is 0 Å². The lowest BCUT2D eigenvalue weighted by molar-refractivity contribution is -0.125. The summed E-state index contributed by atoms with van der Waals surface area (Å²) in [6, 6.07) is 7.26. The van der Waals surface area contributed by atoms with Crippen LogP contribution in [-0.4, -0.2) is 43.3 Å². The molecule has 0 atom stereocenters. The smallest absolute Gasteiger partial charge is 0.250 e. The van der Waals surface area contributed by atoms with E-state index in [2.05, 4.69) is 20.8 Å². The Morgan fingerprint density at radius 2 is 2.09 bits per heavy atom. The highest BCUT2D eigenvalue weighted by Gasteiger charge is 2.43. The Morgan fingerprint density at radius 1 is 1.35 bits per heavy atom. The normalized spacial score (nSPS) is 16.0. The van der Waals surface area contributed by atoms with Crippen molar-refractivity contribution in [3.8, 4) is 0 Å². The Labute approximate surface area is 137 Å². The quantitative estimate of drug-likeness (QED) is 0.845. The monoisotopic (exact) mass is 332 g/mol. The van der Waals surface area contributed by atoms with Crippen LogP contribution in [0.2, 0.25) is 0 Å². The van der Waals surface area contributed by atoms with Gasteiger partial charge in [-0.25, -0.2) is 4.68 Å². The second-order valence-corrected chi connectivity index (χ2v) is 6.58.